The van der Waals surface area contributed by atoms with Gasteiger partial charge >= 0.3 is 0 Å². The number of morpholine rings is 1. The van der Waals surface area contributed by atoms with Crippen molar-refractivity contribution >= 4 is 5.91 Å². The van der Waals surface area contributed by atoms with Crippen LogP contribution in [-0.2, 0) is 11.3 Å². The van der Waals surface area contributed by atoms with E-state index in [0.29, 0.717) is 18.9 Å². The highest BCUT2D eigenvalue weighted by molar-refractivity contribution is 5.97. The zero-order valence-electron chi connectivity index (χ0n) is 14.9. The second-order valence-electron chi connectivity index (χ2n) is 6.31. The summed E-state index contributed by atoms with van der Waals surface area (Å²) in [5, 5.41) is 12.8. The highest BCUT2D eigenvalue weighted by atomic mass is 16.5. The number of rotatable bonds is 6. The maximum Gasteiger partial charge on any atom is 0.255 e. The van der Waals surface area contributed by atoms with Crippen molar-refractivity contribution < 1.29 is 19.4 Å². The van der Waals surface area contributed by atoms with Crippen LogP contribution in [0.2, 0.25) is 0 Å². The Morgan fingerprint density at radius 3 is 2.85 bits per heavy atom. The van der Waals surface area contributed by atoms with E-state index >= 15 is 0 Å². The van der Waals surface area contributed by atoms with Crippen LogP contribution in [0.3, 0.4) is 0 Å². The van der Waals surface area contributed by atoms with Gasteiger partial charge in [-0.2, -0.15) is 0 Å². The number of carbonyl (C=O) groups is 1. The Bertz CT molecular complexity index is 736. The molecule has 1 heterocycles. The zero-order chi connectivity index (χ0) is 18.4. The molecule has 1 unspecified atom stereocenters. The molecular weight excluding hydrogens is 332 g/mol. The van der Waals surface area contributed by atoms with E-state index in [0.717, 1.165) is 19.6 Å². The van der Waals surface area contributed by atoms with E-state index in [1.807, 2.05) is 18.2 Å². The lowest BCUT2D eigenvalue weighted by Gasteiger charge is -2.33. The molecule has 1 atom stereocenters. The van der Waals surface area contributed by atoms with Crippen molar-refractivity contribution in [3.05, 3.63) is 59.7 Å². The van der Waals surface area contributed by atoms with Gasteiger partial charge in [0.25, 0.3) is 5.91 Å². The lowest BCUT2D eigenvalue weighted by molar-refractivity contribution is -0.0292. The lowest BCUT2D eigenvalue weighted by atomic mass is 10.1. The summed E-state index contributed by atoms with van der Waals surface area (Å²) in [6.07, 6.45) is -0.0724. The number of phenolic OH excluding ortho intramolecular Hbond substituents is 1. The van der Waals surface area contributed by atoms with E-state index in [2.05, 4.69) is 22.3 Å². The van der Waals surface area contributed by atoms with Gasteiger partial charge in [-0.15, -0.1) is 0 Å². The number of hydrogen-bond donors (Lipinski definition) is 2. The van der Waals surface area contributed by atoms with Gasteiger partial charge in [-0.1, -0.05) is 30.3 Å². The summed E-state index contributed by atoms with van der Waals surface area (Å²) in [6.45, 7) is 3.53. The van der Waals surface area contributed by atoms with Gasteiger partial charge < -0.3 is 19.9 Å². The molecule has 138 valence electrons. The summed E-state index contributed by atoms with van der Waals surface area (Å²) in [4.78, 5) is 14.6. The molecule has 1 aliphatic heterocycles. The molecule has 1 aliphatic rings. The van der Waals surface area contributed by atoms with Crippen LogP contribution in [0, 0.1) is 0 Å². The number of ether oxygens (including phenoxy) is 2. The Morgan fingerprint density at radius 2 is 2.12 bits per heavy atom. The minimum atomic E-state index is -0.325. The van der Waals surface area contributed by atoms with E-state index in [1.165, 1.54) is 18.7 Å². The minimum absolute atomic E-state index is 0.0724. The standard InChI is InChI=1S/C20H24N2O4/c1-25-16-7-8-18(19(23)11-16)20(24)21-12-17-14-22(9-10-26-17)13-15-5-3-2-4-6-15/h2-8,11,17,23H,9-10,12-14H2,1H3,(H,21,24). The lowest BCUT2D eigenvalue weighted by Crippen LogP contribution is -2.47. The van der Waals surface area contributed by atoms with Crippen LogP contribution in [0.4, 0.5) is 0 Å². The van der Waals surface area contributed by atoms with Crippen molar-refractivity contribution in [1.82, 2.24) is 10.2 Å². The van der Waals surface area contributed by atoms with Crippen molar-refractivity contribution in [2.45, 2.75) is 12.6 Å². The van der Waals surface area contributed by atoms with E-state index < -0.39 is 0 Å². The number of aromatic hydroxyl groups is 1. The first-order valence-electron chi connectivity index (χ1n) is 8.69. The van der Waals surface area contributed by atoms with Crippen molar-refractivity contribution in [3.63, 3.8) is 0 Å². The molecule has 2 N–H and O–H groups in total. The highest BCUT2D eigenvalue weighted by Crippen LogP contribution is 2.23. The van der Waals surface area contributed by atoms with Crippen molar-refractivity contribution in [3.8, 4) is 11.5 Å². The average Bonchev–Trinajstić information content (AvgIpc) is 2.67. The fraction of sp³-hybridized carbons (Fsp3) is 0.350. The number of amides is 1. The summed E-state index contributed by atoms with van der Waals surface area (Å²) in [7, 11) is 1.51. The molecule has 6 heteroatoms. The molecule has 0 aliphatic carbocycles. The van der Waals surface area contributed by atoms with Crippen LogP contribution in [-0.4, -0.2) is 55.4 Å². The first kappa shape index (κ1) is 18.2. The molecule has 6 nitrogen and oxygen atoms in total. The van der Waals surface area contributed by atoms with Gasteiger partial charge in [0.1, 0.15) is 11.5 Å². The highest BCUT2D eigenvalue weighted by Gasteiger charge is 2.22. The Kier molecular flexibility index (Phi) is 6.09. The van der Waals surface area contributed by atoms with Gasteiger partial charge in [0.15, 0.2) is 0 Å². The van der Waals surface area contributed by atoms with Gasteiger partial charge in [-0.3, -0.25) is 9.69 Å². The maximum absolute atomic E-state index is 12.3. The van der Waals surface area contributed by atoms with E-state index in [9.17, 15) is 9.90 Å². The zero-order valence-corrected chi connectivity index (χ0v) is 14.9. The van der Waals surface area contributed by atoms with E-state index in [-0.39, 0.29) is 23.3 Å². The topological polar surface area (TPSA) is 71.0 Å². The van der Waals surface area contributed by atoms with Gasteiger partial charge in [-0.25, -0.2) is 0 Å². The fourth-order valence-corrected chi connectivity index (χ4v) is 3.02. The number of benzene rings is 2. The smallest absolute Gasteiger partial charge is 0.255 e. The third-order valence-electron chi connectivity index (χ3n) is 4.41. The monoisotopic (exact) mass is 356 g/mol. The first-order valence-corrected chi connectivity index (χ1v) is 8.69. The molecule has 1 fully saturated rings. The average molecular weight is 356 g/mol. The Labute approximate surface area is 153 Å². The van der Waals surface area contributed by atoms with Crippen LogP contribution in [0.25, 0.3) is 0 Å². The number of nitrogens with one attached hydrogen (secondary N) is 1. The summed E-state index contributed by atoms with van der Waals surface area (Å²) in [5.74, 6) is 0.0808. The van der Waals surface area contributed by atoms with Crippen molar-refractivity contribution in [2.75, 3.05) is 33.4 Å². The predicted molar refractivity (Wildman–Crippen MR) is 98.5 cm³/mol. The second kappa shape index (κ2) is 8.69. The molecule has 1 amide bonds. The molecule has 0 aromatic heterocycles. The summed E-state index contributed by atoms with van der Waals surface area (Å²) in [5.41, 5.74) is 1.49. The molecule has 2 aromatic carbocycles. The second-order valence-corrected chi connectivity index (χ2v) is 6.31. The predicted octanol–water partition coefficient (Wildman–Crippen LogP) is 2.03. The quantitative estimate of drug-likeness (QED) is 0.829. The van der Waals surface area contributed by atoms with Crippen molar-refractivity contribution in [2.24, 2.45) is 0 Å². The Hall–Kier alpha value is -2.57. The molecular formula is C20H24N2O4. The number of methoxy groups -OCH3 is 1. The normalized spacial score (nSPS) is 17.7. The molecule has 0 bridgehead atoms. The molecule has 0 spiro atoms. The maximum atomic E-state index is 12.3. The molecule has 1 saturated heterocycles. The van der Waals surface area contributed by atoms with Crippen molar-refractivity contribution in [1.29, 1.82) is 0 Å². The summed E-state index contributed by atoms with van der Waals surface area (Å²) >= 11 is 0. The SMILES string of the molecule is COc1ccc(C(=O)NCC2CN(Cc3ccccc3)CCO2)c(O)c1. The van der Waals surface area contributed by atoms with Crippen LogP contribution in [0.15, 0.2) is 48.5 Å². The molecule has 26 heavy (non-hydrogen) atoms. The van der Waals surface area contributed by atoms with Crippen LogP contribution in [0.1, 0.15) is 15.9 Å². The first-order chi connectivity index (χ1) is 12.7. The van der Waals surface area contributed by atoms with Crippen LogP contribution >= 0.6 is 0 Å². The third-order valence-corrected chi connectivity index (χ3v) is 4.41. The van der Waals surface area contributed by atoms with E-state index in [4.69, 9.17) is 9.47 Å². The fourth-order valence-electron chi connectivity index (χ4n) is 3.02. The van der Waals surface area contributed by atoms with Crippen LogP contribution < -0.4 is 10.1 Å². The number of nitrogens with zero attached hydrogens (tertiary/aromatic N) is 1. The van der Waals surface area contributed by atoms with Gasteiger partial charge in [0, 0.05) is 32.2 Å². The van der Waals surface area contributed by atoms with Gasteiger partial charge in [0.05, 0.1) is 25.4 Å². The number of carbonyl (C=O) groups excluding carboxylic acids is 1. The minimum Gasteiger partial charge on any atom is -0.507 e. The van der Waals surface area contributed by atoms with Gasteiger partial charge in [-0.05, 0) is 17.7 Å². The van der Waals surface area contributed by atoms with Crippen LogP contribution in [0.5, 0.6) is 11.5 Å². The largest absolute Gasteiger partial charge is 0.507 e. The number of hydrogen-bond acceptors (Lipinski definition) is 5. The van der Waals surface area contributed by atoms with Gasteiger partial charge in [0.2, 0.25) is 0 Å². The Balaban J connectivity index is 1.51. The molecule has 2 aromatic rings. The summed E-state index contributed by atoms with van der Waals surface area (Å²) < 4.78 is 10.8. The number of phenols is 1. The van der Waals surface area contributed by atoms with E-state index in [1.54, 1.807) is 12.1 Å². The molecule has 0 radical (unpaired) electrons. The third kappa shape index (κ3) is 4.74. The molecule has 3 rings (SSSR count). The summed E-state index contributed by atoms with van der Waals surface area (Å²) in [6, 6.07) is 14.9. The molecule has 0 saturated carbocycles. The Morgan fingerprint density at radius 1 is 1.31 bits per heavy atom.